The maximum atomic E-state index is 5.54. The van der Waals surface area contributed by atoms with Crippen LogP contribution in [0.5, 0.6) is 0 Å². The standard InChI is InChI=1S/C7H14N4O/c1-4-7(3,12-5-2)6-8-10-11-9-6/h4-5H2,1-3H3,(H,8,9,10,11). The van der Waals surface area contributed by atoms with Crippen LogP contribution >= 0.6 is 0 Å². The molecule has 1 rings (SSSR count). The number of hydrogen-bond acceptors (Lipinski definition) is 4. The SMILES string of the molecule is CCOC(C)(CC)c1nn[nH]n1. The molecule has 0 spiro atoms. The summed E-state index contributed by atoms with van der Waals surface area (Å²) >= 11 is 0. The Morgan fingerprint density at radius 1 is 1.50 bits per heavy atom. The van der Waals surface area contributed by atoms with Crippen molar-refractivity contribution < 1.29 is 4.74 Å². The van der Waals surface area contributed by atoms with E-state index in [4.69, 9.17) is 4.74 Å². The van der Waals surface area contributed by atoms with E-state index >= 15 is 0 Å². The first-order valence-corrected chi connectivity index (χ1v) is 4.10. The molecule has 0 radical (unpaired) electrons. The highest BCUT2D eigenvalue weighted by Gasteiger charge is 2.29. The average Bonchev–Trinajstić information content (AvgIpc) is 2.57. The van der Waals surface area contributed by atoms with Crippen LogP contribution in [-0.2, 0) is 10.3 Å². The van der Waals surface area contributed by atoms with Crippen molar-refractivity contribution in [1.82, 2.24) is 20.6 Å². The third-order valence-electron chi connectivity index (χ3n) is 1.96. The minimum atomic E-state index is -0.401. The topological polar surface area (TPSA) is 63.7 Å². The van der Waals surface area contributed by atoms with E-state index in [1.165, 1.54) is 0 Å². The lowest BCUT2D eigenvalue weighted by Crippen LogP contribution is -2.26. The van der Waals surface area contributed by atoms with Crippen molar-refractivity contribution in [3.05, 3.63) is 5.82 Å². The van der Waals surface area contributed by atoms with Gasteiger partial charge < -0.3 is 4.74 Å². The van der Waals surface area contributed by atoms with Crippen molar-refractivity contribution >= 4 is 0 Å². The van der Waals surface area contributed by atoms with Crippen LogP contribution in [0.2, 0.25) is 0 Å². The molecule has 0 aliphatic rings. The quantitative estimate of drug-likeness (QED) is 0.728. The molecule has 0 saturated heterocycles. The van der Waals surface area contributed by atoms with E-state index in [1.807, 2.05) is 20.8 Å². The van der Waals surface area contributed by atoms with Crippen molar-refractivity contribution in [2.45, 2.75) is 32.8 Å². The van der Waals surface area contributed by atoms with Gasteiger partial charge in [0.1, 0.15) is 5.60 Å². The first kappa shape index (κ1) is 9.12. The number of ether oxygens (including phenoxy) is 1. The highest BCUT2D eigenvalue weighted by molar-refractivity contribution is 4.94. The van der Waals surface area contributed by atoms with Gasteiger partial charge in [-0.2, -0.15) is 5.21 Å². The van der Waals surface area contributed by atoms with Gasteiger partial charge in [-0.25, -0.2) is 0 Å². The van der Waals surface area contributed by atoms with Gasteiger partial charge in [-0.3, -0.25) is 0 Å². The van der Waals surface area contributed by atoms with E-state index in [9.17, 15) is 0 Å². The van der Waals surface area contributed by atoms with Crippen LogP contribution in [0.15, 0.2) is 0 Å². The highest BCUT2D eigenvalue weighted by atomic mass is 16.5. The minimum Gasteiger partial charge on any atom is -0.367 e. The van der Waals surface area contributed by atoms with Crippen LogP contribution in [0.25, 0.3) is 0 Å². The molecule has 1 atom stereocenters. The molecule has 68 valence electrons. The summed E-state index contributed by atoms with van der Waals surface area (Å²) in [5.41, 5.74) is -0.401. The summed E-state index contributed by atoms with van der Waals surface area (Å²) in [7, 11) is 0. The van der Waals surface area contributed by atoms with E-state index in [2.05, 4.69) is 20.6 Å². The van der Waals surface area contributed by atoms with E-state index < -0.39 is 5.60 Å². The molecule has 1 N–H and O–H groups in total. The van der Waals surface area contributed by atoms with Gasteiger partial charge in [0.25, 0.3) is 0 Å². The zero-order chi connectivity index (χ0) is 9.03. The molecule has 5 nitrogen and oxygen atoms in total. The fourth-order valence-corrected chi connectivity index (χ4v) is 1.03. The van der Waals surface area contributed by atoms with Crippen molar-refractivity contribution in [3.63, 3.8) is 0 Å². The number of aromatic amines is 1. The van der Waals surface area contributed by atoms with Gasteiger partial charge in [0.15, 0.2) is 0 Å². The predicted octanol–water partition coefficient (Wildman–Crippen LogP) is 0.861. The highest BCUT2D eigenvalue weighted by Crippen LogP contribution is 2.24. The monoisotopic (exact) mass is 170 g/mol. The van der Waals surface area contributed by atoms with Gasteiger partial charge in [-0.05, 0) is 20.3 Å². The Labute approximate surface area is 71.5 Å². The molecule has 0 fully saturated rings. The normalized spacial score (nSPS) is 15.9. The largest absolute Gasteiger partial charge is 0.367 e. The average molecular weight is 170 g/mol. The third kappa shape index (κ3) is 1.61. The van der Waals surface area contributed by atoms with Gasteiger partial charge in [0.05, 0.1) is 0 Å². The van der Waals surface area contributed by atoms with Gasteiger partial charge in [0, 0.05) is 6.61 Å². The molecule has 1 aromatic heterocycles. The maximum Gasteiger partial charge on any atom is 0.205 e. The molecule has 1 aromatic rings. The Hall–Kier alpha value is -0.970. The van der Waals surface area contributed by atoms with Crippen molar-refractivity contribution in [2.24, 2.45) is 0 Å². The Morgan fingerprint density at radius 2 is 2.25 bits per heavy atom. The van der Waals surface area contributed by atoms with Gasteiger partial charge in [0.2, 0.25) is 5.82 Å². The third-order valence-corrected chi connectivity index (χ3v) is 1.96. The molecule has 0 saturated carbocycles. The van der Waals surface area contributed by atoms with E-state index in [-0.39, 0.29) is 0 Å². The van der Waals surface area contributed by atoms with Crippen LogP contribution in [0.3, 0.4) is 0 Å². The summed E-state index contributed by atoms with van der Waals surface area (Å²) < 4.78 is 5.54. The molecule has 1 heterocycles. The zero-order valence-corrected chi connectivity index (χ0v) is 7.66. The van der Waals surface area contributed by atoms with E-state index in [0.717, 1.165) is 6.42 Å². The fraction of sp³-hybridized carbons (Fsp3) is 0.857. The Kier molecular flexibility index (Phi) is 2.75. The molecular weight excluding hydrogens is 156 g/mol. The lowest BCUT2D eigenvalue weighted by Gasteiger charge is -2.23. The summed E-state index contributed by atoms with van der Waals surface area (Å²) in [6, 6.07) is 0. The number of nitrogens with one attached hydrogen (secondary N) is 1. The van der Waals surface area contributed by atoms with Gasteiger partial charge in [-0.1, -0.05) is 12.1 Å². The molecule has 0 aliphatic carbocycles. The Morgan fingerprint density at radius 3 is 2.67 bits per heavy atom. The van der Waals surface area contributed by atoms with Crippen LogP contribution < -0.4 is 0 Å². The summed E-state index contributed by atoms with van der Waals surface area (Å²) in [6.45, 7) is 6.60. The molecule has 0 aliphatic heterocycles. The molecule has 5 heteroatoms. The number of tetrazole rings is 1. The second kappa shape index (κ2) is 3.62. The molecule has 12 heavy (non-hydrogen) atoms. The number of rotatable bonds is 4. The summed E-state index contributed by atoms with van der Waals surface area (Å²) in [5, 5.41) is 13.7. The maximum absolute atomic E-state index is 5.54. The first-order valence-electron chi connectivity index (χ1n) is 4.10. The van der Waals surface area contributed by atoms with Gasteiger partial charge >= 0.3 is 0 Å². The van der Waals surface area contributed by atoms with Crippen LogP contribution in [0.1, 0.15) is 33.0 Å². The fourth-order valence-electron chi connectivity index (χ4n) is 1.03. The Bertz CT molecular complexity index is 223. The predicted molar refractivity (Wildman–Crippen MR) is 43.4 cm³/mol. The second-order valence-corrected chi connectivity index (χ2v) is 2.75. The van der Waals surface area contributed by atoms with Crippen LogP contribution in [0.4, 0.5) is 0 Å². The second-order valence-electron chi connectivity index (χ2n) is 2.75. The Balaban J connectivity index is 2.80. The van der Waals surface area contributed by atoms with Crippen molar-refractivity contribution in [3.8, 4) is 0 Å². The van der Waals surface area contributed by atoms with E-state index in [1.54, 1.807) is 0 Å². The zero-order valence-electron chi connectivity index (χ0n) is 7.66. The van der Waals surface area contributed by atoms with Crippen molar-refractivity contribution in [1.29, 1.82) is 0 Å². The number of hydrogen-bond donors (Lipinski definition) is 1. The number of aromatic nitrogens is 4. The summed E-state index contributed by atoms with van der Waals surface area (Å²) in [5.74, 6) is 0.617. The molecular formula is C7H14N4O. The van der Waals surface area contributed by atoms with E-state index in [0.29, 0.717) is 12.4 Å². The number of nitrogens with zero attached hydrogens (tertiary/aromatic N) is 3. The molecule has 1 unspecified atom stereocenters. The lowest BCUT2D eigenvalue weighted by molar-refractivity contribution is -0.0390. The van der Waals surface area contributed by atoms with Crippen LogP contribution in [0, 0.1) is 0 Å². The lowest BCUT2D eigenvalue weighted by atomic mass is 10.0. The first-order chi connectivity index (χ1) is 5.73. The number of H-pyrrole nitrogens is 1. The smallest absolute Gasteiger partial charge is 0.205 e. The summed E-state index contributed by atoms with van der Waals surface area (Å²) in [4.78, 5) is 0. The molecule has 0 bridgehead atoms. The van der Waals surface area contributed by atoms with Gasteiger partial charge in [-0.15, -0.1) is 10.2 Å². The van der Waals surface area contributed by atoms with Crippen molar-refractivity contribution in [2.75, 3.05) is 6.61 Å². The van der Waals surface area contributed by atoms with Crippen LogP contribution in [-0.4, -0.2) is 27.2 Å². The minimum absolute atomic E-state index is 0.401. The molecule has 0 aromatic carbocycles. The molecule has 0 amide bonds. The summed E-state index contributed by atoms with van der Waals surface area (Å²) in [6.07, 6.45) is 0.834.